The quantitative estimate of drug-likeness (QED) is 0.794. The fourth-order valence-electron chi connectivity index (χ4n) is 1.24. The molecule has 0 radical (unpaired) electrons. The predicted molar refractivity (Wildman–Crippen MR) is 59.4 cm³/mol. The van der Waals surface area contributed by atoms with Gasteiger partial charge in [-0.25, -0.2) is 4.98 Å². The Morgan fingerprint density at radius 1 is 1.80 bits per heavy atom. The number of oxazole rings is 1. The fourth-order valence-corrected chi connectivity index (χ4v) is 2.32. The minimum absolute atomic E-state index is 0.206. The van der Waals surface area contributed by atoms with Crippen LogP contribution < -0.4 is 5.73 Å². The van der Waals surface area contributed by atoms with Crippen molar-refractivity contribution in [3.63, 3.8) is 0 Å². The molecule has 0 fully saturated rings. The van der Waals surface area contributed by atoms with Crippen LogP contribution >= 0.6 is 11.8 Å². The Morgan fingerprint density at radius 2 is 2.47 bits per heavy atom. The number of nitrogens with zero attached hydrogens (tertiary/aromatic N) is 2. The lowest BCUT2D eigenvalue weighted by Gasteiger charge is -2.18. The highest BCUT2D eigenvalue weighted by Crippen LogP contribution is 2.26. The van der Waals surface area contributed by atoms with Crippen molar-refractivity contribution in [3.05, 3.63) is 12.0 Å². The largest absolute Gasteiger partial charge is 0.440 e. The zero-order valence-electron chi connectivity index (χ0n) is 9.15. The molecule has 0 aliphatic heterocycles. The van der Waals surface area contributed by atoms with E-state index in [1.807, 2.05) is 13.8 Å². The van der Waals surface area contributed by atoms with Crippen LogP contribution in [0, 0.1) is 18.3 Å². The molecule has 2 atom stereocenters. The predicted octanol–water partition coefficient (Wildman–Crippen LogP) is 2.09. The van der Waals surface area contributed by atoms with Gasteiger partial charge >= 0.3 is 0 Å². The summed E-state index contributed by atoms with van der Waals surface area (Å²) in [5.41, 5.74) is 5.83. The highest BCUT2D eigenvalue weighted by atomic mass is 32.2. The third-order valence-electron chi connectivity index (χ3n) is 1.87. The smallest absolute Gasteiger partial charge is 0.256 e. The lowest BCUT2D eigenvalue weighted by atomic mass is 10.00. The summed E-state index contributed by atoms with van der Waals surface area (Å²) in [7, 11) is 0. The van der Waals surface area contributed by atoms with E-state index < -0.39 is 5.54 Å². The van der Waals surface area contributed by atoms with Crippen LogP contribution in [0.3, 0.4) is 0 Å². The topological polar surface area (TPSA) is 75.8 Å². The summed E-state index contributed by atoms with van der Waals surface area (Å²) < 4.78 is 5.21. The van der Waals surface area contributed by atoms with Crippen molar-refractivity contribution in [2.75, 3.05) is 0 Å². The monoisotopic (exact) mass is 225 g/mol. The first kappa shape index (κ1) is 12.1. The average Bonchev–Trinajstić information content (AvgIpc) is 2.50. The number of thioether (sulfide) groups is 1. The molecule has 2 N–H and O–H groups in total. The standard InChI is InChI=1S/C10H15N3OS/c1-7-5-14-9(13-7)15-8(2)4-10(3,12)6-11/h5,8H,4,12H2,1-3H3. The molecule has 4 nitrogen and oxygen atoms in total. The van der Waals surface area contributed by atoms with E-state index in [-0.39, 0.29) is 5.25 Å². The van der Waals surface area contributed by atoms with Gasteiger partial charge in [0.1, 0.15) is 11.8 Å². The number of hydrogen-bond acceptors (Lipinski definition) is 5. The molecule has 0 aromatic carbocycles. The zero-order chi connectivity index (χ0) is 11.5. The van der Waals surface area contributed by atoms with E-state index >= 15 is 0 Å². The average molecular weight is 225 g/mol. The highest BCUT2D eigenvalue weighted by molar-refractivity contribution is 7.99. The normalized spacial score (nSPS) is 16.7. The number of aromatic nitrogens is 1. The van der Waals surface area contributed by atoms with Crippen molar-refractivity contribution in [3.8, 4) is 6.07 Å². The van der Waals surface area contributed by atoms with Gasteiger partial charge in [0.15, 0.2) is 0 Å². The van der Waals surface area contributed by atoms with Crippen molar-refractivity contribution < 1.29 is 4.42 Å². The van der Waals surface area contributed by atoms with Crippen LogP contribution in [0.4, 0.5) is 0 Å². The van der Waals surface area contributed by atoms with Crippen LogP contribution in [-0.2, 0) is 0 Å². The summed E-state index contributed by atoms with van der Waals surface area (Å²) in [5, 5.41) is 9.63. The van der Waals surface area contributed by atoms with Crippen LogP contribution in [0.25, 0.3) is 0 Å². The third kappa shape index (κ3) is 3.94. The van der Waals surface area contributed by atoms with E-state index in [1.165, 1.54) is 11.8 Å². The summed E-state index contributed by atoms with van der Waals surface area (Å²) in [4.78, 5) is 4.18. The number of rotatable bonds is 4. The summed E-state index contributed by atoms with van der Waals surface area (Å²) in [6.07, 6.45) is 2.22. The van der Waals surface area contributed by atoms with Crippen molar-refractivity contribution in [2.45, 2.75) is 43.2 Å². The summed E-state index contributed by atoms with van der Waals surface area (Å²) in [5.74, 6) is 0. The van der Waals surface area contributed by atoms with Gasteiger partial charge in [-0.05, 0) is 20.3 Å². The fraction of sp³-hybridized carbons (Fsp3) is 0.600. The molecule has 1 heterocycles. The Morgan fingerprint density at radius 3 is 2.93 bits per heavy atom. The van der Waals surface area contributed by atoms with Crippen LogP contribution in [-0.4, -0.2) is 15.8 Å². The van der Waals surface area contributed by atoms with E-state index in [0.29, 0.717) is 11.6 Å². The highest BCUT2D eigenvalue weighted by Gasteiger charge is 2.22. The minimum Gasteiger partial charge on any atom is -0.440 e. The van der Waals surface area contributed by atoms with Crippen LogP contribution in [0.1, 0.15) is 26.0 Å². The molecule has 0 aliphatic rings. The molecule has 82 valence electrons. The maximum atomic E-state index is 8.79. The molecule has 2 unspecified atom stereocenters. The van der Waals surface area contributed by atoms with Crippen LogP contribution in [0.5, 0.6) is 0 Å². The molecule has 1 rings (SSSR count). The van der Waals surface area contributed by atoms with Crippen molar-refractivity contribution in [2.24, 2.45) is 5.73 Å². The molecule has 1 aromatic heterocycles. The number of nitrogens with two attached hydrogens (primary N) is 1. The molecule has 15 heavy (non-hydrogen) atoms. The summed E-state index contributed by atoms with van der Waals surface area (Å²) in [6, 6.07) is 2.08. The molecule has 1 aromatic rings. The van der Waals surface area contributed by atoms with E-state index in [4.69, 9.17) is 15.4 Å². The third-order valence-corrected chi connectivity index (χ3v) is 2.83. The van der Waals surface area contributed by atoms with Gasteiger partial charge in [0.2, 0.25) is 0 Å². The molecule has 0 amide bonds. The Hall–Kier alpha value is -0.990. The van der Waals surface area contributed by atoms with Gasteiger partial charge in [0, 0.05) is 5.25 Å². The minimum atomic E-state index is -0.784. The van der Waals surface area contributed by atoms with Gasteiger partial charge in [0.25, 0.3) is 5.22 Å². The lowest BCUT2D eigenvalue weighted by Crippen LogP contribution is -2.36. The van der Waals surface area contributed by atoms with E-state index in [1.54, 1.807) is 13.2 Å². The molecule has 0 saturated carbocycles. The molecule has 0 saturated heterocycles. The van der Waals surface area contributed by atoms with Crippen LogP contribution in [0.15, 0.2) is 15.9 Å². The molecular weight excluding hydrogens is 210 g/mol. The van der Waals surface area contributed by atoms with E-state index in [2.05, 4.69) is 11.1 Å². The first-order valence-corrected chi connectivity index (χ1v) is 5.60. The zero-order valence-corrected chi connectivity index (χ0v) is 9.97. The number of nitriles is 1. The maximum Gasteiger partial charge on any atom is 0.256 e. The Bertz CT molecular complexity index is 367. The van der Waals surface area contributed by atoms with E-state index in [0.717, 1.165) is 5.69 Å². The van der Waals surface area contributed by atoms with Crippen molar-refractivity contribution >= 4 is 11.8 Å². The van der Waals surface area contributed by atoms with Gasteiger partial charge in [-0.15, -0.1) is 0 Å². The maximum absolute atomic E-state index is 8.79. The number of aryl methyl sites for hydroxylation is 1. The first-order chi connectivity index (χ1) is 6.93. The SMILES string of the molecule is Cc1coc(SC(C)CC(C)(N)C#N)n1. The van der Waals surface area contributed by atoms with Crippen LogP contribution in [0.2, 0.25) is 0 Å². The van der Waals surface area contributed by atoms with Crippen molar-refractivity contribution in [1.29, 1.82) is 5.26 Å². The van der Waals surface area contributed by atoms with E-state index in [9.17, 15) is 0 Å². The molecule has 5 heteroatoms. The Kier molecular flexibility index (Phi) is 3.77. The summed E-state index contributed by atoms with van der Waals surface area (Å²) >= 11 is 1.50. The van der Waals surface area contributed by atoms with Gasteiger partial charge < -0.3 is 10.2 Å². The van der Waals surface area contributed by atoms with Gasteiger partial charge in [-0.3, -0.25) is 0 Å². The van der Waals surface area contributed by atoms with Gasteiger partial charge in [0.05, 0.1) is 11.8 Å². The second-order valence-corrected chi connectivity index (χ2v) is 5.31. The van der Waals surface area contributed by atoms with Gasteiger partial charge in [-0.1, -0.05) is 18.7 Å². The number of hydrogen-bond donors (Lipinski definition) is 1. The lowest BCUT2D eigenvalue weighted by molar-refractivity contribution is 0.451. The first-order valence-electron chi connectivity index (χ1n) is 4.72. The molecule has 0 aliphatic carbocycles. The Balaban J connectivity index is 2.50. The second-order valence-electron chi connectivity index (χ2n) is 3.92. The molecule has 0 bridgehead atoms. The van der Waals surface area contributed by atoms with Gasteiger partial charge in [-0.2, -0.15) is 5.26 Å². The molecular formula is C10H15N3OS. The second kappa shape index (κ2) is 4.69. The Labute approximate surface area is 93.9 Å². The molecule has 0 spiro atoms. The van der Waals surface area contributed by atoms with Crippen molar-refractivity contribution in [1.82, 2.24) is 4.98 Å². The summed E-state index contributed by atoms with van der Waals surface area (Å²) in [6.45, 7) is 5.61.